The van der Waals surface area contributed by atoms with Gasteiger partial charge in [0, 0.05) is 5.56 Å². The fourth-order valence-electron chi connectivity index (χ4n) is 3.45. The van der Waals surface area contributed by atoms with Crippen LogP contribution in [-0.2, 0) is 35.4 Å². The van der Waals surface area contributed by atoms with Crippen molar-refractivity contribution in [3.8, 4) is 16.9 Å². The van der Waals surface area contributed by atoms with Crippen LogP contribution in [0.5, 0.6) is 0 Å². The third-order valence-corrected chi connectivity index (χ3v) is 7.31. The van der Waals surface area contributed by atoms with E-state index in [0.717, 1.165) is 33.5 Å². The lowest BCUT2D eigenvalue weighted by Crippen LogP contribution is -2.35. The number of benzene rings is 2. The van der Waals surface area contributed by atoms with Crippen molar-refractivity contribution < 1.29 is 45.7 Å². The van der Waals surface area contributed by atoms with E-state index in [0.29, 0.717) is 5.56 Å². The Kier molecular flexibility index (Phi) is 10.2. The van der Waals surface area contributed by atoms with Gasteiger partial charge in [-0.15, -0.1) is 5.01 Å². The summed E-state index contributed by atoms with van der Waals surface area (Å²) in [5, 5.41) is 19.7. The molecular weight excluding hydrogens is 609 g/mol. The second-order valence-electron chi connectivity index (χ2n) is 10.6. The van der Waals surface area contributed by atoms with Crippen LogP contribution in [0.1, 0.15) is 38.4 Å². The van der Waals surface area contributed by atoms with Gasteiger partial charge in [0.25, 0.3) is 16.8 Å². The minimum absolute atomic E-state index is 0.0181. The monoisotopic (exact) mass is 640 g/mol. The molecule has 0 fully saturated rings. The van der Waals surface area contributed by atoms with Crippen molar-refractivity contribution in [1.29, 1.82) is 0 Å². The number of alkyl halides is 3. The summed E-state index contributed by atoms with van der Waals surface area (Å²) < 4.78 is 73.6. The van der Waals surface area contributed by atoms with Gasteiger partial charge in [-0.25, -0.2) is 17.8 Å². The number of ether oxygens (including phenoxy) is 1. The number of aryl methyl sites for hydroxylation is 1. The van der Waals surface area contributed by atoms with Gasteiger partial charge >= 0.3 is 12.1 Å². The van der Waals surface area contributed by atoms with E-state index in [1.807, 2.05) is 11.6 Å². The summed E-state index contributed by atoms with van der Waals surface area (Å²) in [6, 6.07) is 12.4. The van der Waals surface area contributed by atoms with Gasteiger partial charge in [-0.2, -0.15) is 18.3 Å². The molecule has 0 aliphatic rings. The molecule has 1 aromatic heterocycles. The molecule has 238 valence electrons. The minimum atomic E-state index is -4.71. The lowest BCUT2D eigenvalue weighted by molar-refractivity contribution is -0.706. The number of carbonyl (C=O) groups is 2. The predicted octanol–water partition coefficient (Wildman–Crippen LogP) is 4.35. The maximum absolute atomic E-state index is 13.5. The van der Waals surface area contributed by atoms with Gasteiger partial charge in [0.2, 0.25) is 11.2 Å². The second kappa shape index (κ2) is 13.3. The highest BCUT2D eigenvalue weighted by molar-refractivity contribution is 7.90. The van der Waals surface area contributed by atoms with Crippen molar-refractivity contribution in [1.82, 2.24) is 19.5 Å². The van der Waals surface area contributed by atoms with Crippen LogP contribution in [0.2, 0.25) is 0 Å². The number of hydrogen-bond acceptors (Lipinski definition) is 9. The summed E-state index contributed by atoms with van der Waals surface area (Å²) in [5.41, 5.74) is -0.240. The summed E-state index contributed by atoms with van der Waals surface area (Å²) in [7, 11) is -3.11. The first-order valence-corrected chi connectivity index (χ1v) is 14.5. The number of halogens is 3. The molecule has 0 atom stereocenters. The van der Waals surface area contributed by atoms with Crippen LogP contribution in [0.15, 0.2) is 64.8 Å². The lowest BCUT2D eigenvalue weighted by Gasteiger charge is -2.15. The van der Waals surface area contributed by atoms with E-state index in [-0.39, 0.29) is 27.8 Å². The standard InChI is InChI=1S/C27H31F3N6O7S/c1-18-6-8-19(9-7-18)22-16-23(27(28,29)30)31-35(22)20-10-12-21(13-11-20)44(40,41)32-24(37)14-15-34(5)36(39)33-43-17-42-25(38)26(2,3)4/h6-13,16H,14-15,17H2,1-5H3,(H,32,37)/b36-33-. The van der Waals surface area contributed by atoms with Gasteiger partial charge < -0.3 is 14.8 Å². The number of nitrogens with one attached hydrogen (secondary N) is 1. The van der Waals surface area contributed by atoms with E-state index in [4.69, 9.17) is 4.74 Å². The normalized spacial score (nSPS) is 12.5. The molecule has 0 aliphatic carbocycles. The molecule has 2 aromatic carbocycles. The van der Waals surface area contributed by atoms with Gasteiger partial charge in [-0.05, 0) is 58.0 Å². The zero-order valence-corrected chi connectivity index (χ0v) is 25.3. The molecule has 44 heavy (non-hydrogen) atoms. The van der Waals surface area contributed by atoms with Crippen molar-refractivity contribution in [2.24, 2.45) is 10.7 Å². The van der Waals surface area contributed by atoms with E-state index in [9.17, 15) is 36.4 Å². The zero-order chi connectivity index (χ0) is 32.9. The molecule has 0 saturated heterocycles. The minimum Gasteiger partial charge on any atom is -0.569 e. The van der Waals surface area contributed by atoms with Crippen molar-refractivity contribution in [2.75, 3.05) is 20.4 Å². The van der Waals surface area contributed by atoms with Gasteiger partial charge in [-0.3, -0.25) is 9.59 Å². The van der Waals surface area contributed by atoms with Gasteiger partial charge in [0.05, 0.1) is 46.7 Å². The highest BCUT2D eigenvalue weighted by Crippen LogP contribution is 2.33. The largest absolute Gasteiger partial charge is 0.569 e. The molecule has 13 nitrogen and oxygen atoms in total. The SMILES string of the molecule is Cc1ccc(-c2cc(C(F)(F)F)nn2-c2ccc(S(=O)(=O)NC(=O)CCN(C)/[N+]([O-])=N/OCOC(=O)C(C)(C)C)cc2)cc1. The molecular formula is C27H31F3N6O7S. The Hall–Kier alpha value is -4.67. The van der Waals surface area contributed by atoms with Gasteiger partial charge in [0.1, 0.15) is 0 Å². The first-order valence-electron chi connectivity index (χ1n) is 13.0. The fourth-order valence-corrected chi connectivity index (χ4v) is 4.47. The van der Waals surface area contributed by atoms with Crippen molar-refractivity contribution in [3.63, 3.8) is 0 Å². The summed E-state index contributed by atoms with van der Waals surface area (Å²) in [4.78, 5) is 28.2. The Balaban J connectivity index is 1.64. The Labute approximate surface area is 251 Å². The summed E-state index contributed by atoms with van der Waals surface area (Å²) in [6.07, 6.45) is -5.15. The smallest absolute Gasteiger partial charge is 0.435 e. The van der Waals surface area contributed by atoms with Gasteiger partial charge in [0.15, 0.2) is 5.69 Å². The van der Waals surface area contributed by atoms with Crippen LogP contribution in [0.3, 0.4) is 0 Å². The Morgan fingerprint density at radius 3 is 2.27 bits per heavy atom. The molecule has 1 N–H and O–H groups in total. The number of hydrazine groups is 1. The van der Waals surface area contributed by atoms with E-state index >= 15 is 0 Å². The number of nitrogens with zero attached hydrogens (tertiary/aromatic N) is 5. The molecule has 17 heteroatoms. The summed E-state index contributed by atoms with van der Waals surface area (Å²) in [5.74, 6) is -1.52. The third kappa shape index (κ3) is 8.92. The van der Waals surface area contributed by atoms with Crippen molar-refractivity contribution in [2.45, 2.75) is 45.2 Å². The van der Waals surface area contributed by atoms with Crippen molar-refractivity contribution in [3.05, 3.63) is 71.1 Å². The molecule has 0 saturated carbocycles. The first kappa shape index (κ1) is 33.8. The topological polar surface area (TPSA) is 158 Å². The van der Waals surface area contributed by atoms with Crippen LogP contribution in [0, 0.1) is 17.5 Å². The molecule has 0 aliphatic heterocycles. The summed E-state index contributed by atoms with van der Waals surface area (Å²) >= 11 is 0. The molecule has 3 rings (SSSR count). The van der Waals surface area contributed by atoms with E-state index in [1.54, 1.807) is 45.0 Å². The molecule has 1 heterocycles. The number of carbonyl (C=O) groups excluding carboxylic acids is 2. The quantitative estimate of drug-likeness (QED) is 0.0803. The van der Waals surface area contributed by atoms with Gasteiger partial charge in [-0.1, -0.05) is 29.8 Å². The van der Waals surface area contributed by atoms with E-state index in [1.165, 1.54) is 19.2 Å². The predicted molar refractivity (Wildman–Crippen MR) is 149 cm³/mol. The summed E-state index contributed by atoms with van der Waals surface area (Å²) in [6.45, 7) is 5.83. The number of esters is 1. The number of sulfonamides is 1. The van der Waals surface area contributed by atoms with Crippen LogP contribution in [0.4, 0.5) is 13.2 Å². The van der Waals surface area contributed by atoms with Crippen molar-refractivity contribution >= 4 is 21.9 Å². The molecule has 0 spiro atoms. The number of rotatable bonds is 11. The number of amides is 1. The Bertz CT molecular complexity index is 1620. The average Bonchev–Trinajstić information content (AvgIpc) is 3.40. The van der Waals surface area contributed by atoms with Crippen LogP contribution in [-0.4, -0.2) is 60.4 Å². The van der Waals surface area contributed by atoms with E-state index in [2.05, 4.69) is 15.2 Å². The number of hydrogen-bond donors (Lipinski definition) is 1. The fraction of sp³-hybridized carbons (Fsp3) is 0.370. The first-order chi connectivity index (χ1) is 20.4. The maximum Gasteiger partial charge on any atom is 0.435 e. The molecule has 1 amide bonds. The highest BCUT2D eigenvalue weighted by atomic mass is 32.2. The van der Waals surface area contributed by atoms with Crippen LogP contribution in [0.25, 0.3) is 16.9 Å². The Morgan fingerprint density at radius 1 is 1.09 bits per heavy atom. The van der Waals surface area contributed by atoms with E-state index < -0.39 is 52.4 Å². The van der Waals surface area contributed by atoms with Crippen LogP contribution >= 0.6 is 0 Å². The zero-order valence-electron chi connectivity index (χ0n) is 24.5. The maximum atomic E-state index is 13.5. The molecule has 0 unspecified atom stereocenters. The highest BCUT2D eigenvalue weighted by Gasteiger charge is 2.35. The molecule has 3 aromatic rings. The Morgan fingerprint density at radius 2 is 1.70 bits per heavy atom. The molecule has 0 bridgehead atoms. The lowest BCUT2D eigenvalue weighted by atomic mass is 9.98. The number of aromatic nitrogens is 2. The average molecular weight is 641 g/mol. The van der Waals surface area contributed by atoms with Crippen LogP contribution < -0.4 is 4.72 Å². The third-order valence-electron chi connectivity index (χ3n) is 5.92. The second-order valence-corrected chi connectivity index (χ2v) is 12.3. The molecule has 0 radical (unpaired) electrons.